The van der Waals surface area contributed by atoms with Gasteiger partial charge in [0.25, 0.3) is 0 Å². The molecule has 0 amide bonds. The molecule has 0 spiro atoms. The van der Waals surface area contributed by atoms with Gasteiger partial charge in [-0.1, -0.05) is 23.5 Å². The molecule has 3 heterocycles. The molecule has 0 radical (unpaired) electrons. The largest absolute Gasteiger partial charge is 0.474 e. The number of nitrogens with one attached hydrogen (secondary N) is 1. The van der Waals surface area contributed by atoms with E-state index in [1.54, 1.807) is 17.5 Å². The smallest absolute Gasteiger partial charge is 0.221 e. The van der Waals surface area contributed by atoms with Gasteiger partial charge in [0.05, 0.1) is 10.2 Å². The van der Waals surface area contributed by atoms with Crippen LogP contribution in [0.5, 0.6) is 5.88 Å². The van der Waals surface area contributed by atoms with Crippen LogP contribution in [0.3, 0.4) is 0 Å². The second kappa shape index (κ2) is 8.40. The number of anilines is 1. The normalized spacial score (nSPS) is 19.0. The van der Waals surface area contributed by atoms with Gasteiger partial charge in [0, 0.05) is 29.7 Å². The monoisotopic (exact) mass is 416 g/mol. The summed E-state index contributed by atoms with van der Waals surface area (Å²) in [6.07, 6.45) is 7.97. The van der Waals surface area contributed by atoms with Crippen LogP contribution in [0.15, 0.2) is 60.9 Å². The van der Waals surface area contributed by atoms with Crippen LogP contribution in [0.1, 0.15) is 31.4 Å². The molecular weight excluding hydrogens is 392 g/mol. The topological polar surface area (TPSA) is 59.9 Å². The van der Waals surface area contributed by atoms with Crippen molar-refractivity contribution in [1.29, 1.82) is 0 Å². The molecule has 1 N–H and O–H groups in total. The minimum atomic E-state index is 0.190. The molecule has 1 aliphatic rings. The molecule has 5 rings (SSSR count). The van der Waals surface area contributed by atoms with Crippen LogP contribution in [0.2, 0.25) is 0 Å². The fourth-order valence-electron chi connectivity index (χ4n) is 4.01. The van der Waals surface area contributed by atoms with Crippen molar-refractivity contribution < 1.29 is 4.74 Å². The third-order valence-corrected chi connectivity index (χ3v) is 6.52. The highest BCUT2D eigenvalue weighted by Gasteiger charge is 2.24. The van der Waals surface area contributed by atoms with Gasteiger partial charge in [0.15, 0.2) is 5.13 Å². The quantitative estimate of drug-likeness (QED) is 0.441. The van der Waals surface area contributed by atoms with E-state index in [0.717, 1.165) is 53.2 Å². The zero-order chi connectivity index (χ0) is 20.3. The summed E-state index contributed by atoms with van der Waals surface area (Å²) in [6, 6.07) is 16.8. The van der Waals surface area contributed by atoms with E-state index in [9.17, 15) is 0 Å². The first-order chi connectivity index (χ1) is 14.7. The van der Waals surface area contributed by atoms with E-state index in [1.807, 2.05) is 31.3 Å². The fraction of sp³-hybridized carbons (Fsp3) is 0.292. The van der Waals surface area contributed by atoms with Crippen molar-refractivity contribution in [3.8, 4) is 17.0 Å². The van der Waals surface area contributed by atoms with Crippen LogP contribution in [-0.2, 0) is 0 Å². The van der Waals surface area contributed by atoms with Gasteiger partial charge in [-0.3, -0.25) is 4.98 Å². The molecule has 1 aromatic carbocycles. The molecule has 6 heteroatoms. The molecule has 5 nitrogen and oxygen atoms in total. The van der Waals surface area contributed by atoms with Gasteiger partial charge < -0.3 is 10.1 Å². The van der Waals surface area contributed by atoms with E-state index in [0.29, 0.717) is 11.9 Å². The number of aromatic nitrogens is 3. The van der Waals surface area contributed by atoms with Gasteiger partial charge in [-0.15, -0.1) is 0 Å². The molecule has 0 saturated heterocycles. The second-order valence-corrected chi connectivity index (χ2v) is 8.80. The second-order valence-electron chi connectivity index (χ2n) is 7.76. The Morgan fingerprint density at radius 2 is 1.83 bits per heavy atom. The number of nitrogens with zero attached hydrogens (tertiary/aromatic N) is 3. The number of thiazole rings is 1. The lowest BCUT2D eigenvalue weighted by molar-refractivity contribution is 0.145. The first kappa shape index (κ1) is 19.0. The number of aryl methyl sites for hydroxylation is 1. The molecule has 4 aromatic rings. The van der Waals surface area contributed by atoms with Crippen LogP contribution in [0.4, 0.5) is 5.13 Å². The minimum Gasteiger partial charge on any atom is -0.474 e. The number of rotatable bonds is 5. The number of hydrogen-bond acceptors (Lipinski definition) is 6. The predicted molar refractivity (Wildman–Crippen MR) is 122 cm³/mol. The minimum absolute atomic E-state index is 0.190. The molecule has 0 unspecified atom stereocenters. The van der Waals surface area contributed by atoms with Crippen molar-refractivity contribution in [2.24, 2.45) is 0 Å². The van der Waals surface area contributed by atoms with Gasteiger partial charge in [0.2, 0.25) is 5.88 Å². The maximum Gasteiger partial charge on any atom is 0.221 e. The van der Waals surface area contributed by atoms with Crippen molar-refractivity contribution in [2.45, 2.75) is 44.8 Å². The first-order valence-corrected chi connectivity index (χ1v) is 11.2. The Bertz CT molecular complexity index is 1120. The number of benzene rings is 1. The van der Waals surface area contributed by atoms with Crippen molar-refractivity contribution >= 4 is 26.7 Å². The zero-order valence-electron chi connectivity index (χ0n) is 16.9. The highest BCUT2D eigenvalue weighted by molar-refractivity contribution is 7.22. The van der Waals surface area contributed by atoms with E-state index in [2.05, 4.69) is 45.6 Å². The van der Waals surface area contributed by atoms with Crippen molar-refractivity contribution in [1.82, 2.24) is 15.0 Å². The van der Waals surface area contributed by atoms with Gasteiger partial charge in [-0.25, -0.2) is 9.97 Å². The lowest BCUT2D eigenvalue weighted by Crippen LogP contribution is -2.31. The predicted octanol–water partition coefficient (Wildman–Crippen LogP) is 5.86. The third-order valence-electron chi connectivity index (χ3n) is 5.55. The summed E-state index contributed by atoms with van der Waals surface area (Å²) in [6.45, 7) is 2.00. The summed E-state index contributed by atoms with van der Waals surface area (Å²) < 4.78 is 7.58. The van der Waals surface area contributed by atoms with Crippen molar-refractivity contribution in [3.05, 3.63) is 66.6 Å². The molecule has 0 aliphatic heterocycles. The summed E-state index contributed by atoms with van der Waals surface area (Å²) in [7, 11) is 0. The van der Waals surface area contributed by atoms with E-state index in [4.69, 9.17) is 9.72 Å². The highest BCUT2D eigenvalue weighted by Crippen LogP contribution is 2.33. The maximum atomic E-state index is 6.35. The molecule has 1 saturated carbocycles. The summed E-state index contributed by atoms with van der Waals surface area (Å²) in [5.74, 6) is 0.714. The van der Waals surface area contributed by atoms with E-state index < -0.39 is 0 Å². The molecule has 0 atom stereocenters. The SMILES string of the molecule is Cc1cc(-c2cccnc2O[C@H]2CC[C@H](Nc3nc4ccccc4s3)CC2)ccn1. The van der Waals surface area contributed by atoms with E-state index >= 15 is 0 Å². The molecular formula is C24H24N4OS. The molecule has 1 aliphatic carbocycles. The number of para-hydroxylation sites is 1. The standard InChI is InChI=1S/C24H24N4OS/c1-16-15-17(12-14-25-16)20-5-4-13-26-23(20)29-19-10-8-18(9-11-19)27-24-28-21-6-2-3-7-22(21)30-24/h2-7,12-15,18-19H,8-11H2,1H3,(H,27,28)/t18-,19-. The fourth-order valence-corrected chi connectivity index (χ4v) is 4.95. The molecule has 3 aromatic heterocycles. The van der Waals surface area contributed by atoms with Crippen molar-refractivity contribution in [3.63, 3.8) is 0 Å². The molecule has 0 bridgehead atoms. The van der Waals surface area contributed by atoms with E-state index in [1.165, 1.54) is 4.70 Å². The Morgan fingerprint density at radius 3 is 2.67 bits per heavy atom. The number of hydrogen-bond donors (Lipinski definition) is 1. The number of pyridine rings is 2. The molecule has 152 valence electrons. The third kappa shape index (κ3) is 4.14. The van der Waals surface area contributed by atoms with Gasteiger partial charge in [-0.05, 0) is 74.6 Å². The Hall–Kier alpha value is -2.99. The van der Waals surface area contributed by atoms with Gasteiger partial charge >= 0.3 is 0 Å². The lowest BCUT2D eigenvalue weighted by atomic mass is 9.93. The van der Waals surface area contributed by atoms with Crippen LogP contribution in [0, 0.1) is 6.92 Å². The average Bonchev–Trinajstić information content (AvgIpc) is 3.18. The Balaban J connectivity index is 1.22. The zero-order valence-corrected chi connectivity index (χ0v) is 17.7. The lowest BCUT2D eigenvalue weighted by Gasteiger charge is -2.29. The number of ether oxygens (including phenoxy) is 1. The highest BCUT2D eigenvalue weighted by atomic mass is 32.1. The van der Waals surface area contributed by atoms with Crippen molar-refractivity contribution in [2.75, 3.05) is 5.32 Å². The van der Waals surface area contributed by atoms with Crippen LogP contribution in [-0.4, -0.2) is 27.1 Å². The van der Waals surface area contributed by atoms with Crippen LogP contribution in [0.25, 0.3) is 21.3 Å². The summed E-state index contributed by atoms with van der Waals surface area (Å²) >= 11 is 1.73. The Morgan fingerprint density at radius 1 is 0.967 bits per heavy atom. The van der Waals surface area contributed by atoms with Crippen LogP contribution >= 0.6 is 11.3 Å². The molecule has 1 fully saturated rings. The van der Waals surface area contributed by atoms with Crippen LogP contribution < -0.4 is 10.1 Å². The Kier molecular flexibility index (Phi) is 5.32. The summed E-state index contributed by atoms with van der Waals surface area (Å²) in [4.78, 5) is 13.5. The molecule has 30 heavy (non-hydrogen) atoms. The first-order valence-electron chi connectivity index (χ1n) is 10.4. The van der Waals surface area contributed by atoms with Gasteiger partial charge in [-0.2, -0.15) is 0 Å². The number of fused-ring (bicyclic) bond motifs is 1. The maximum absolute atomic E-state index is 6.35. The van der Waals surface area contributed by atoms with E-state index in [-0.39, 0.29) is 6.10 Å². The summed E-state index contributed by atoms with van der Waals surface area (Å²) in [5.41, 5.74) is 4.18. The Labute approximate surface area is 180 Å². The summed E-state index contributed by atoms with van der Waals surface area (Å²) in [5, 5.41) is 4.64. The average molecular weight is 417 g/mol. The van der Waals surface area contributed by atoms with Gasteiger partial charge in [0.1, 0.15) is 6.10 Å².